The van der Waals surface area contributed by atoms with E-state index in [4.69, 9.17) is 11.6 Å². The number of benzene rings is 2. The fraction of sp³-hybridized carbons (Fsp3) is 0.227. The zero-order valence-electron chi connectivity index (χ0n) is 16.9. The summed E-state index contributed by atoms with van der Waals surface area (Å²) in [6.07, 6.45) is 0. The van der Waals surface area contributed by atoms with Gasteiger partial charge in [0.05, 0.1) is 29.5 Å². The van der Waals surface area contributed by atoms with Crippen LogP contribution in [0.4, 0.5) is 14.9 Å². The predicted octanol–water partition coefficient (Wildman–Crippen LogP) is 3.30. The van der Waals surface area contributed by atoms with Crippen molar-refractivity contribution >= 4 is 35.1 Å². The Morgan fingerprint density at radius 3 is 2.58 bits per heavy atom. The Bertz CT molecular complexity index is 1120. The van der Waals surface area contributed by atoms with E-state index >= 15 is 0 Å². The number of nitrogens with zero attached hydrogens (tertiary/aromatic N) is 2. The van der Waals surface area contributed by atoms with Gasteiger partial charge < -0.3 is 15.5 Å². The van der Waals surface area contributed by atoms with E-state index in [1.54, 1.807) is 44.3 Å². The maximum absolute atomic E-state index is 13.9. The molecule has 0 fully saturated rings. The summed E-state index contributed by atoms with van der Waals surface area (Å²) < 4.78 is 13.9. The Morgan fingerprint density at radius 2 is 1.87 bits per heavy atom. The van der Waals surface area contributed by atoms with Gasteiger partial charge in [-0.25, -0.2) is 9.18 Å². The third-order valence-electron chi connectivity index (χ3n) is 5.58. The van der Waals surface area contributed by atoms with Crippen LogP contribution < -0.4 is 10.6 Å². The third-order valence-corrected chi connectivity index (χ3v) is 5.93. The zero-order chi connectivity index (χ0) is 22.3. The van der Waals surface area contributed by atoms with Gasteiger partial charge in [-0.1, -0.05) is 41.9 Å². The second-order valence-electron chi connectivity index (χ2n) is 7.40. The molecular weight excluding hydrogens is 423 g/mol. The Morgan fingerprint density at radius 1 is 1.19 bits per heavy atom. The highest BCUT2D eigenvalue weighted by atomic mass is 35.5. The monoisotopic (exact) mass is 442 g/mol. The molecule has 0 radical (unpaired) electrons. The normalized spacial score (nSPS) is 19.3. The number of amides is 4. The Balaban J connectivity index is 1.62. The Hall–Kier alpha value is -3.39. The minimum Gasteiger partial charge on any atom is -0.326 e. The summed E-state index contributed by atoms with van der Waals surface area (Å²) in [6, 6.07) is 10.8. The van der Waals surface area contributed by atoms with Crippen LogP contribution in [-0.2, 0) is 9.59 Å². The maximum Gasteiger partial charge on any atom is 0.322 e. The summed E-state index contributed by atoms with van der Waals surface area (Å²) in [5, 5.41) is 5.74. The Kier molecular flexibility index (Phi) is 5.41. The van der Waals surface area contributed by atoms with Crippen LogP contribution in [0.1, 0.15) is 18.5 Å². The second kappa shape index (κ2) is 8.03. The van der Waals surface area contributed by atoms with Crippen molar-refractivity contribution in [3.05, 3.63) is 76.2 Å². The van der Waals surface area contributed by atoms with Gasteiger partial charge in [0.1, 0.15) is 11.9 Å². The molecule has 4 rings (SSSR count). The lowest BCUT2D eigenvalue weighted by Crippen LogP contribution is -2.45. The minimum absolute atomic E-state index is 0.0339. The summed E-state index contributed by atoms with van der Waals surface area (Å²) in [5.41, 5.74) is 1.49. The van der Waals surface area contributed by atoms with Gasteiger partial charge in [0.25, 0.3) is 5.91 Å². The molecule has 2 aliphatic rings. The fourth-order valence-corrected chi connectivity index (χ4v) is 4.03. The van der Waals surface area contributed by atoms with Crippen LogP contribution >= 0.6 is 11.6 Å². The van der Waals surface area contributed by atoms with E-state index in [2.05, 4.69) is 10.6 Å². The molecule has 4 amide bonds. The van der Waals surface area contributed by atoms with Crippen molar-refractivity contribution in [2.24, 2.45) is 0 Å². The number of carbonyl (C=O) groups is 3. The van der Waals surface area contributed by atoms with Gasteiger partial charge in [0.2, 0.25) is 5.91 Å². The lowest BCUT2D eigenvalue weighted by molar-refractivity contribution is -0.133. The molecule has 2 aliphatic heterocycles. The maximum atomic E-state index is 13.9. The Labute approximate surface area is 183 Å². The largest absolute Gasteiger partial charge is 0.326 e. The van der Waals surface area contributed by atoms with Crippen molar-refractivity contribution in [3.63, 3.8) is 0 Å². The smallest absolute Gasteiger partial charge is 0.322 e. The molecule has 0 saturated heterocycles. The lowest BCUT2D eigenvalue weighted by atomic mass is 9.95. The summed E-state index contributed by atoms with van der Waals surface area (Å²) in [7, 11) is 1.56. The van der Waals surface area contributed by atoms with Gasteiger partial charge >= 0.3 is 6.03 Å². The van der Waals surface area contributed by atoms with Crippen LogP contribution in [0, 0.1) is 5.82 Å². The molecule has 31 heavy (non-hydrogen) atoms. The molecular formula is C22H20ClFN4O3. The molecule has 2 heterocycles. The molecule has 2 N–H and O–H groups in total. The molecule has 0 spiro atoms. The van der Waals surface area contributed by atoms with Crippen molar-refractivity contribution in [1.29, 1.82) is 0 Å². The average molecular weight is 443 g/mol. The number of urea groups is 1. The van der Waals surface area contributed by atoms with Crippen molar-refractivity contribution in [1.82, 2.24) is 15.1 Å². The number of likely N-dealkylation sites (N-methyl/N-ethyl adjacent to an activating group) is 1. The van der Waals surface area contributed by atoms with Crippen LogP contribution in [-0.4, -0.2) is 47.3 Å². The number of rotatable bonds is 4. The van der Waals surface area contributed by atoms with E-state index < -0.39 is 23.8 Å². The number of nitrogens with one attached hydrogen (secondary N) is 2. The number of hydrogen-bond donors (Lipinski definition) is 2. The standard InChI is InChI=1S/C22H20ClFN4O3/c1-12(20(29)25-16-10-6-5-9-15(16)24)28-11-17-18(21(28)30)19(26-22(31)27(17)2)13-7-3-4-8-14(13)23/h3-10,12,19H,11H2,1-2H3,(H,25,29)(H,26,31). The highest BCUT2D eigenvalue weighted by Gasteiger charge is 2.45. The van der Waals surface area contributed by atoms with E-state index in [9.17, 15) is 18.8 Å². The van der Waals surface area contributed by atoms with Crippen molar-refractivity contribution in [3.8, 4) is 0 Å². The van der Waals surface area contributed by atoms with Gasteiger partial charge in [0.15, 0.2) is 0 Å². The molecule has 2 atom stereocenters. The van der Waals surface area contributed by atoms with Crippen LogP contribution in [0.2, 0.25) is 5.02 Å². The fourth-order valence-electron chi connectivity index (χ4n) is 3.78. The first-order valence-corrected chi connectivity index (χ1v) is 10.1. The van der Waals surface area contributed by atoms with Crippen LogP contribution in [0.15, 0.2) is 59.8 Å². The third kappa shape index (κ3) is 3.63. The minimum atomic E-state index is -0.895. The molecule has 160 valence electrons. The van der Waals surface area contributed by atoms with Crippen LogP contribution in [0.3, 0.4) is 0 Å². The second-order valence-corrected chi connectivity index (χ2v) is 7.81. The van der Waals surface area contributed by atoms with Gasteiger partial charge in [-0.2, -0.15) is 0 Å². The predicted molar refractivity (Wildman–Crippen MR) is 114 cm³/mol. The van der Waals surface area contributed by atoms with Crippen LogP contribution in [0.5, 0.6) is 0 Å². The van der Waals surface area contributed by atoms with Gasteiger partial charge in [-0.15, -0.1) is 0 Å². The number of halogens is 2. The summed E-state index contributed by atoms with van der Waals surface area (Å²) >= 11 is 6.32. The van der Waals surface area contributed by atoms with Crippen molar-refractivity contribution < 1.29 is 18.8 Å². The number of hydrogen-bond acceptors (Lipinski definition) is 3. The molecule has 0 aliphatic carbocycles. The molecule has 2 aromatic rings. The van der Waals surface area contributed by atoms with Crippen LogP contribution in [0.25, 0.3) is 0 Å². The zero-order valence-corrected chi connectivity index (χ0v) is 17.6. The average Bonchev–Trinajstić information content (AvgIpc) is 3.10. The topological polar surface area (TPSA) is 81.8 Å². The molecule has 0 bridgehead atoms. The van der Waals surface area contributed by atoms with E-state index in [1.807, 2.05) is 0 Å². The molecule has 7 nitrogen and oxygen atoms in total. The molecule has 0 aromatic heterocycles. The van der Waals surface area contributed by atoms with E-state index in [1.165, 1.54) is 28.0 Å². The molecule has 2 aromatic carbocycles. The highest BCUT2D eigenvalue weighted by Crippen LogP contribution is 2.38. The van der Waals surface area contributed by atoms with Gasteiger partial charge in [-0.05, 0) is 30.7 Å². The molecule has 0 saturated carbocycles. The summed E-state index contributed by atoms with van der Waals surface area (Å²) in [4.78, 5) is 41.3. The van der Waals surface area contributed by atoms with Crippen molar-refractivity contribution in [2.45, 2.75) is 19.0 Å². The molecule has 2 unspecified atom stereocenters. The van der Waals surface area contributed by atoms with E-state index in [0.717, 1.165) is 0 Å². The van der Waals surface area contributed by atoms with Gasteiger partial charge in [0, 0.05) is 12.1 Å². The van der Waals surface area contributed by atoms with Crippen molar-refractivity contribution in [2.75, 3.05) is 18.9 Å². The lowest BCUT2D eigenvalue weighted by Gasteiger charge is -2.31. The van der Waals surface area contributed by atoms with E-state index in [-0.39, 0.29) is 24.2 Å². The quantitative estimate of drug-likeness (QED) is 0.762. The van der Waals surface area contributed by atoms with E-state index in [0.29, 0.717) is 21.9 Å². The summed E-state index contributed by atoms with van der Waals surface area (Å²) in [5.74, 6) is -1.49. The number of para-hydroxylation sites is 1. The first kappa shape index (κ1) is 20.9. The van der Waals surface area contributed by atoms with Gasteiger partial charge in [-0.3, -0.25) is 14.5 Å². The summed E-state index contributed by atoms with van der Waals surface area (Å²) in [6.45, 7) is 1.64. The number of carbonyl (C=O) groups excluding carboxylic acids is 3. The number of anilines is 1. The first-order chi connectivity index (χ1) is 14.8. The molecule has 9 heteroatoms. The SMILES string of the molecule is CC(C(=O)Nc1ccccc1F)N1CC2=C(C1=O)C(c1ccccc1Cl)NC(=O)N2C. The first-order valence-electron chi connectivity index (χ1n) is 9.67. The highest BCUT2D eigenvalue weighted by molar-refractivity contribution is 6.31.